The second kappa shape index (κ2) is 3.97. The van der Waals surface area contributed by atoms with Gasteiger partial charge in [0.2, 0.25) is 0 Å². The minimum Gasteiger partial charge on any atom is -0.379 e. The first-order valence-corrected chi connectivity index (χ1v) is 5.32. The van der Waals surface area contributed by atoms with E-state index in [1.807, 2.05) is 0 Å². The summed E-state index contributed by atoms with van der Waals surface area (Å²) in [5, 5.41) is 0. The lowest BCUT2D eigenvalue weighted by Gasteiger charge is -2.39. The minimum absolute atomic E-state index is 0.0394. The molecule has 0 aromatic carbocycles. The highest BCUT2D eigenvalue weighted by atomic mass is 16.5. The number of rotatable bonds is 3. The van der Waals surface area contributed by atoms with E-state index in [1.165, 1.54) is 32.1 Å². The lowest BCUT2D eigenvalue weighted by molar-refractivity contribution is -0.00853. The van der Waals surface area contributed by atoms with Crippen molar-refractivity contribution in [3.63, 3.8) is 0 Å². The number of hydrogen-bond acceptors (Lipinski definition) is 2. The second-order valence-corrected chi connectivity index (χ2v) is 5.06. The summed E-state index contributed by atoms with van der Waals surface area (Å²) in [4.78, 5) is 0. The first kappa shape index (κ1) is 11.0. The van der Waals surface area contributed by atoms with Crippen molar-refractivity contribution < 1.29 is 4.74 Å². The van der Waals surface area contributed by atoms with Crippen molar-refractivity contribution in [3.05, 3.63) is 0 Å². The molecule has 0 bridgehead atoms. The van der Waals surface area contributed by atoms with Crippen LogP contribution in [-0.4, -0.2) is 18.2 Å². The van der Waals surface area contributed by atoms with Gasteiger partial charge in [-0.1, -0.05) is 19.3 Å². The summed E-state index contributed by atoms with van der Waals surface area (Å²) in [6.07, 6.45) is 7.25. The Hall–Kier alpha value is -0.0800. The smallest absolute Gasteiger partial charge is 0.0640 e. The van der Waals surface area contributed by atoms with E-state index < -0.39 is 0 Å². The maximum absolute atomic E-state index is 6.34. The lowest BCUT2D eigenvalue weighted by atomic mass is 9.76. The van der Waals surface area contributed by atoms with Gasteiger partial charge in [-0.15, -0.1) is 0 Å². The third-order valence-electron chi connectivity index (χ3n) is 3.18. The normalized spacial score (nSPS) is 23.1. The van der Waals surface area contributed by atoms with E-state index in [0.717, 1.165) is 6.42 Å². The van der Waals surface area contributed by atoms with Crippen LogP contribution in [0.3, 0.4) is 0 Å². The molecule has 0 saturated heterocycles. The molecule has 0 unspecified atom stereocenters. The Labute approximate surface area is 81.8 Å². The van der Waals surface area contributed by atoms with E-state index in [9.17, 15) is 0 Å². The molecule has 1 aliphatic carbocycles. The summed E-state index contributed by atoms with van der Waals surface area (Å²) in [6, 6.07) is 0. The molecule has 2 N–H and O–H groups in total. The molecule has 78 valence electrons. The van der Waals surface area contributed by atoms with Gasteiger partial charge in [-0.05, 0) is 33.1 Å². The maximum Gasteiger partial charge on any atom is 0.0640 e. The van der Waals surface area contributed by atoms with Crippen molar-refractivity contribution in [1.82, 2.24) is 0 Å². The van der Waals surface area contributed by atoms with Gasteiger partial charge < -0.3 is 10.5 Å². The van der Waals surface area contributed by atoms with E-state index in [-0.39, 0.29) is 11.1 Å². The molecule has 1 fully saturated rings. The molecule has 1 aliphatic rings. The van der Waals surface area contributed by atoms with Gasteiger partial charge in [0.05, 0.1) is 5.60 Å². The largest absolute Gasteiger partial charge is 0.379 e. The summed E-state index contributed by atoms with van der Waals surface area (Å²) in [5.74, 6) is 0. The summed E-state index contributed by atoms with van der Waals surface area (Å²) in [5.41, 5.74) is 6.32. The van der Waals surface area contributed by atoms with Gasteiger partial charge in [0.1, 0.15) is 0 Å². The zero-order chi connectivity index (χ0) is 9.95. The van der Waals surface area contributed by atoms with E-state index in [2.05, 4.69) is 13.8 Å². The van der Waals surface area contributed by atoms with Gasteiger partial charge in [0.25, 0.3) is 0 Å². The standard InChI is InChI=1S/C11H23NO/c1-10(2,13-3)9-11(12)7-5-4-6-8-11/h4-9,12H2,1-3H3. The number of methoxy groups -OCH3 is 1. The highest BCUT2D eigenvalue weighted by Crippen LogP contribution is 2.33. The van der Waals surface area contributed by atoms with Gasteiger partial charge in [0, 0.05) is 12.6 Å². The van der Waals surface area contributed by atoms with Crippen LogP contribution in [0.25, 0.3) is 0 Å². The molecule has 2 nitrogen and oxygen atoms in total. The Bertz CT molecular complexity index is 159. The lowest BCUT2D eigenvalue weighted by Crippen LogP contribution is -2.47. The fourth-order valence-electron chi connectivity index (χ4n) is 2.35. The first-order chi connectivity index (χ1) is 5.97. The molecule has 13 heavy (non-hydrogen) atoms. The molecule has 0 aromatic rings. The Morgan fingerprint density at radius 3 is 2.23 bits per heavy atom. The molecule has 0 aliphatic heterocycles. The number of hydrogen-bond donors (Lipinski definition) is 1. The first-order valence-electron chi connectivity index (χ1n) is 5.32. The molecule has 0 radical (unpaired) electrons. The van der Waals surface area contributed by atoms with Crippen molar-refractivity contribution in [2.45, 2.75) is 63.5 Å². The average molecular weight is 185 g/mol. The molecule has 0 heterocycles. The van der Waals surface area contributed by atoms with Gasteiger partial charge in [-0.3, -0.25) is 0 Å². The molecule has 0 aromatic heterocycles. The zero-order valence-electron chi connectivity index (χ0n) is 9.23. The second-order valence-electron chi connectivity index (χ2n) is 5.06. The molecule has 0 atom stereocenters. The van der Waals surface area contributed by atoms with Crippen molar-refractivity contribution in [2.75, 3.05) is 7.11 Å². The molecule has 0 amide bonds. The topological polar surface area (TPSA) is 35.2 Å². The van der Waals surface area contributed by atoms with Crippen LogP contribution in [-0.2, 0) is 4.74 Å². The summed E-state index contributed by atoms with van der Waals surface area (Å²) in [6.45, 7) is 4.24. The summed E-state index contributed by atoms with van der Waals surface area (Å²) in [7, 11) is 1.77. The Morgan fingerprint density at radius 1 is 1.23 bits per heavy atom. The molecule has 1 saturated carbocycles. The Morgan fingerprint density at radius 2 is 1.77 bits per heavy atom. The number of nitrogens with two attached hydrogens (primary N) is 1. The van der Waals surface area contributed by atoms with Crippen molar-refractivity contribution in [1.29, 1.82) is 0 Å². The van der Waals surface area contributed by atoms with Crippen molar-refractivity contribution in [3.8, 4) is 0 Å². The van der Waals surface area contributed by atoms with Crippen LogP contribution >= 0.6 is 0 Å². The van der Waals surface area contributed by atoms with Gasteiger partial charge in [-0.25, -0.2) is 0 Å². The summed E-state index contributed by atoms with van der Waals surface area (Å²) >= 11 is 0. The fourth-order valence-corrected chi connectivity index (χ4v) is 2.35. The van der Waals surface area contributed by atoms with Crippen LogP contribution in [0, 0.1) is 0 Å². The third-order valence-corrected chi connectivity index (χ3v) is 3.18. The third kappa shape index (κ3) is 3.28. The van der Waals surface area contributed by atoms with Gasteiger partial charge >= 0.3 is 0 Å². The van der Waals surface area contributed by atoms with E-state index in [4.69, 9.17) is 10.5 Å². The number of ether oxygens (including phenoxy) is 1. The van der Waals surface area contributed by atoms with Crippen LogP contribution in [0.5, 0.6) is 0 Å². The van der Waals surface area contributed by atoms with Crippen LogP contribution in [0.15, 0.2) is 0 Å². The highest BCUT2D eigenvalue weighted by Gasteiger charge is 2.33. The van der Waals surface area contributed by atoms with Gasteiger partial charge in [-0.2, -0.15) is 0 Å². The molecular weight excluding hydrogens is 162 g/mol. The zero-order valence-corrected chi connectivity index (χ0v) is 9.23. The predicted octanol–water partition coefficient (Wildman–Crippen LogP) is 2.46. The van der Waals surface area contributed by atoms with Crippen LogP contribution in [0.4, 0.5) is 0 Å². The Kier molecular flexibility index (Phi) is 3.36. The maximum atomic E-state index is 6.34. The van der Waals surface area contributed by atoms with Crippen molar-refractivity contribution >= 4 is 0 Å². The van der Waals surface area contributed by atoms with Crippen LogP contribution in [0.1, 0.15) is 52.4 Å². The minimum atomic E-state index is -0.0634. The Balaban J connectivity index is 2.49. The summed E-state index contributed by atoms with van der Waals surface area (Å²) < 4.78 is 5.43. The molecule has 1 rings (SSSR count). The molecular formula is C11H23NO. The van der Waals surface area contributed by atoms with E-state index >= 15 is 0 Å². The average Bonchev–Trinajstić information content (AvgIpc) is 2.04. The molecule has 0 spiro atoms. The van der Waals surface area contributed by atoms with Crippen molar-refractivity contribution in [2.24, 2.45) is 5.73 Å². The monoisotopic (exact) mass is 185 g/mol. The van der Waals surface area contributed by atoms with E-state index in [0.29, 0.717) is 0 Å². The molecule has 2 heteroatoms. The highest BCUT2D eigenvalue weighted by molar-refractivity contribution is 4.92. The predicted molar refractivity (Wildman–Crippen MR) is 55.7 cm³/mol. The SMILES string of the molecule is COC(C)(C)CC1(N)CCCCC1. The van der Waals surface area contributed by atoms with Gasteiger partial charge in [0.15, 0.2) is 0 Å². The fraction of sp³-hybridized carbons (Fsp3) is 1.00. The van der Waals surface area contributed by atoms with Crippen LogP contribution < -0.4 is 5.73 Å². The van der Waals surface area contributed by atoms with Crippen LogP contribution in [0.2, 0.25) is 0 Å². The quantitative estimate of drug-likeness (QED) is 0.733. The van der Waals surface area contributed by atoms with E-state index in [1.54, 1.807) is 7.11 Å².